The Morgan fingerprint density at radius 2 is 1.80 bits per heavy atom. The Bertz CT molecular complexity index is 318. The molecule has 0 aromatic heterocycles. The van der Waals surface area contributed by atoms with Crippen LogP contribution in [-0.4, -0.2) is 5.11 Å². The van der Waals surface area contributed by atoms with E-state index < -0.39 is 6.10 Å². The van der Waals surface area contributed by atoms with Crippen molar-refractivity contribution in [1.29, 1.82) is 0 Å². The Balaban J connectivity index is 2.12. The van der Waals surface area contributed by atoms with Crippen LogP contribution in [-0.2, 0) is 0 Å². The summed E-state index contributed by atoms with van der Waals surface area (Å²) in [4.78, 5) is 0. The SMILES string of the molecule is O[C@H](c1ccccc1F)C1CCCCC1. The molecule has 1 aromatic rings. The van der Waals surface area contributed by atoms with Crippen LogP contribution in [0, 0.1) is 11.7 Å². The fraction of sp³-hybridized carbons (Fsp3) is 0.538. The van der Waals surface area contributed by atoms with Crippen molar-refractivity contribution in [2.75, 3.05) is 0 Å². The van der Waals surface area contributed by atoms with Crippen LogP contribution in [0.1, 0.15) is 43.8 Å². The number of aliphatic hydroxyl groups excluding tert-OH is 1. The molecule has 1 aliphatic rings. The van der Waals surface area contributed by atoms with Crippen molar-refractivity contribution in [1.82, 2.24) is 0 Å². The highest BCUT2D eigenvalue weighted by molar-refractivity contribution is 5.20. The fourth-order valence-corrected chi connectivity index (χ4v) is 2.42. The average molecular weight is 208 g/mol. The third-order valence-electron chi connectivity index (χ3n) is 3.32. The maximum atomic E-state index is 13.4. The summed E-state index contributed by atoms with van der Waals surface area (Å²) in [5.41, 5.74) is 0.462. The first-order valence-electron chi connectivity index (χ1n) is 5.71. The highest BCUT2D eigenvalue weighted by Gasteiger charge is 2.24. The van der Waals surface area contributed by atoms with Crippen LogP contribution in [0.25, 0.3) is 0 Å². The molecule has 0 heterocycles. The lowest BCUT2D eigenvalue weighted by Gasteiger charge is -2.26. The van der Waals surface area contributed by atoms with E-state index in [-0.39, 0.29) is 11.7 Å². The minimum atomic E-state index is -0.619. The van der Waals surface area contributed by atoms with Gasteiger partial charge in [0.25, 0.3) is 0 Å². The van der Waals surface area contributed by atoms with Gasteiger partial charge in [-0.1, -0.05) is 37.5 Å². The van der Waals surface area contributed by atoms with Gasteiger partial charge in [-0.05, 0) is 24.8 Å². The van der Waals surface area contributed by atoms with E-state index in [1.54, 1.807) is 18.2 Å². The standard InChI is InChI=1S/C13H17FO/c14-12-9-5-4-8-11(12)13(15)10-6-2-1-3-7-10/h4-5,8-10,13,15H,1-3,6-7H2/t13-/m0/s1. The molecule has 1 saturated carbocycles. The van der Waals surface area contributed by atoms with Gasteiger partial charge in [0.1, 0.15) is 5.82 Å². The highest BCUT2D eigenvalue weighted by atomic mass is 19.1. The van der Waals surface area contributed by atoms with Crippen molar-refractivity contribution in [3.8, 4) is 0 Å². The minimum absolute atomic E-state index is 0.246. The van der Waals surface area contributed by atoms with Gasteiger partial charge in [0.2, 0.25) is 0 Å². The Labute approximate surface area is 89.9 Å². The maximum Gasteiger partial charge on any atom is 0.129 e. The third kappa shape index (κ3) is 2.37. The minimum Gasteiger partial charge on any atom is -0.388 e. The van der Waals surface area contributed by atoms with Gasteiger partial charge in [0, 0.05) is 5.56 Å². The van der Waals surface area contributed by atoms with E-state index in [1.165, 1.54) is 12.5 Å². The van der Waals surface area contributed by atoms with Crippen LogP contribution in [0.3, 0.4) is 0 Å². The second kappa shape index (κ2) is 4.75. The number of aliphatic hydroxyl groups is 1. The van der Waals surface area contributed by atoms with Crippen LogP contribution in [0.15, 0.2) is 24.3 Å². The molecule has 0 amide bonds. The number of halogens is 1. The molecule has 15 heavy (non-hydrogen) atoms. The Morgan fingerprint density at radius 3 is 2.47 bits per heavy atom. The molecule has 0 spiro atoms. The molecule has 0 radical (unpaired) electrons. The lowest BCUT2D eigenvalue weighted by atomic mass is 9.82. The van der Waals surface area contributed by atoms with Crippen molar-refractivity contribution in [3.63, 3.8) is 0 Å². The van der Waals surface area contributed by atoms with Crippen LogP contribution in [0.4, 0.5) is 4.39 Å². The number of benzene rings is 1. The van der Waals surface area contributed by atoms with Crippen LogP contribution in [0.2, 0.25) is 0 Å². The molecule has 0 bridgehead atoms. The molecule has 1 nitrogen and oxygen atoms in total. The number of hydrogen-bond donors (Lipinski definition) is 1. The summed E-state index contributed by atoms with van der Waals surface area (Å²) in [6, 6.07) is 6.55. The molecule has 1 aliphatic carbocycles. The molecule has 2 heteroatoms. The lowest BCUT2D eigenvalue weighted by Crippen LogP contribution is -2.16. The van der Waals surface area contributed by atoms with Crippen LogP contribution in [0.5, 0.6) is 0 Å². The van der Waals surface area contributed by atoms with Crippen LogP contribution >= 0.6 is 0 Å². The van der Waals surface area contributed by atoms with E-state index in [1.807, 2.05) is 0 Å². The molecule has 1 aromatic carbocycles. The first kappa shape index (κ1) is 10.6. The third-order valence-corrected chi connectivity index (χ3v) is 3.32. The largest absolute Gasteiger partial charge is 0.388 e. The summed E-state index contributed by atoms with van der Waals surface area (Å²) in [6.07, 6.45) is 5.00. The monoisotopic (exact) mass is 208 g/mol. The Kier molecular flexibility index (Phi) is 3.37. The van der Waals surface area contributed by atoms with E-state index in [0.717, 1.165) is 25.7 Å². The van der Waals surface area contributed by atoms with Crippen molar-refractivity contribution >= 4 is 0 Å². The van der Waals surface area contributed by atoms with E-state index >= 15 is 0 Å². The van der Waals surface area contributed by atoms with Crippen molar-refractivity contribution in [2.24, 2.45) is 5.92 Å². The summed E-state index contributed by atoms with van der Waals surface area (Å²) in [7, 11) is 0. The molecular formula is C13H17FO. The first-order chi connectivity index (χ1) is 7.29. The van der Waals surface area contributed by atoms with E-state index in [0.29, 0.717) is 5.56 Å². The van der Waals surface area contributed by atoms with Gasteiger partial charge in [-0.15, -0.1) is 0 Å². The van der Waals surface area contributed by atoms with Gasteiger partial charge >= 0.3 is 0 Å². The molecular weight excluding hydrogens is 191 g/mol. The van der Waals surface area contributed by atoms with Gasteiger partial charge in [-0.2, -0.15) is 0 Å². The molecule has 1 N–H and O–H groups in total. The summed E-state index contributed by atoms with van der Waals surface area (Å²) in [5, 5.41) is 10.1. The molecule has 0 aliphatic heterocycles. The Hall–Kier alpha value is -0.890. The van der Waals surface area contributed by atoms with E-state index in [4.69, 9.17) is 0 Å². The summed E-state index contributed by atoms with van der Waals surface area (Å²) < 4.78 is 13.4. The van der Waals surface area contributed by atoms with Gasteiger partial charge in [-0.25, -0.2) is 4.39 Å². The molecule has 82 valence electrons. The van der Waals surface area contributed by atoms with Gasteiger partial charge < -0.3 is 5.11 Å². The van der Waals surface area contributed by atoms with Gasteiger partial charge in [0.15, 0.2) is 0 Å². The zero-order valence-electron chi connectivity index (χ0n) is 8.82. The van der Waals surface area contributed by atoms with Crippen molar-refractivity contribution in [2.45, 2.75) is 38.2 Å². The highest BCUT2D eigenvalue weighted by Crippen LogP contribution is 2.34. The molecule has 1 fully saturated rings. The van der Waals surface area contributed by atoms with Crippen molar-refractivity contribution < 1.29 is 9.50 Å². The zero-order chi connectivity index (χ0) is 10.7. The molecule has 0 unspecified atom stereocenters. The molecule has 1 atom stereocenters. The van der Waals surface area contributed by atoms with E-state index in [2.05, 4.69) is 0 Å². The second-order valence-electron chi connectivity index (χ2n) is 4.36. The lowest BCUT2D eigenvalue weighted by molar-refractivity contribution is 0.0816. The van der Waals surface area contributed by atoms with Crippen LogP contribution < -0.4 is 0 Å². The number of rotatable bonds is 2. The Morgan fingerprint density at radius 1 is 1.13 bits per heavy atom. The topological polar surface area (TPSA) is 20.2 Å². The smallest absolute Gasteiger partial charge is 0.129 e. The number of hydrogen-bond acceptors (Lipinski definition) is 1. The predicted octanol–water partition coefficient (Wildman–Crippen LogP) is 3.44. The molecule has 0 saturated heterocycles. The normalized spacial score (nSPS) is 20.1. The van der Waals surface area contributed by atoms with Gasteiger partial charge in [-0.3, -0.25) is 0 Å². The van der Waals surface area contributed by atoms with E-state index in [9.17, 15) is 9.50 Å². The molecule has 2 rings (SSSR count). The predicted molar refractivity (Wildman–Crippen MR) is 57.9 cm³/mol. The van der Waals surface area contributed by atoms with Crippen molar-refractivity contribution in [3.05, 3.63) is 35.6 Å². The first-order valence-corrected chi connectivity index (χ1v) is 5.71. The summed E-state index contributed by atoms with van der Waals surface area (Å²) in [6.45, 7) is 0. The quantitative estimate of drug-likeness (QED) is 0.789. The van der Waals surface area contributed by atoms with Gasteiger partial charge in [0.05, 0.1) is 6.10 Å². The summed E-state index contributed by atoms with van der Waals surface area (Å²) in [5.74, 6) is -0.0359. The summed E-state index contributed by atoms with van der Waals surface area (Å²) >= 11 is 0. The zero-order valence-corrected chi connectivity index (χ0v) is 8.82. The fourth-order valence-electron chi connectivity index (χ4n) is 2.42. The average Bonchev–Trinajstić information content (AvgIpc) is 2.30. The maximum absolute atomic E-state index is 13.4. The second-order valence-corrected chi connectivity index (χ2v) is 4.36.